The lowest BCUT2D eigenvalue weighted by molar-refractivity contribution is -0.777. The zero-order chi connectivity index (χ0) is 39.1. The zero-order valence-corrected chi connectivity index (χ0v) is 32.5. The molecule has 4 N–H and O–H groups in total. The van der Waals surface area contributed by atoms with Gasteiger partial charge in [0, 0.05) is 51.1 Å². The van der Waals surface area contributed by atoms with Crippen molar-refractivity contribution in [1.29, 1.82) is 0 Å². The molecule has 0 saturated carbocycles. The van der Waals surface area contributed by atoms with Crippen molar-refractivity contribution in [2.45, 2.75) is 63.0 Å². The van der Waals surface area contributed by atoms with Crippen LogP contribution in [0.1, 0.15) is 52.7 Å². The Kier molecular flexibility index (Phi) is 12.7. The van der Waals surface area contributed by atoms with Crippen molar-refractivity contribution < 1.29 is 66.0 Å². The molecule has 0 spiro atoms. The summed E-state index contributed by atoms with van der Waals surface area (Å²) in [6.07, 6.45) is -5.27. The van der Waals surface area contributed by atoms with Crippen LogP contribution in [0.5, 0.6) is 11.5 Å². The second kappa shape index (κ2) is 16.7. The third-order valence-electron chi connectivity index (χ3n) is 10.1. The van der Waals surface area contributed by atoms with Gasteiger partial charge in [-0.3, -0.25) is 9.59 Å². The molecule has 13 nitrogen and oxygen atoms in total. The molecule has 55 heavy (non-hydrogen) atoms. The Balaban J connectivity index is 0.00000580. The number of nitrogens with zero attached hydrogens (tertiary/aromatic N) is 3. The van der Waals surface area contributed by atoms with Gasteiger partial charge in [-0.2, -0.15) is 4.57 Å². The Morgan fingerprint density at radius 3 is 2.38 bits per heavy atom. The van der Waals surface area contributed by atoms with Crippen molar-refractivity contribution >= 4 is 46.7 Å². The fourth-order valence-corrected chi connectivity index (χ4v) is 7.57. The molecule has 3 aromatic carbocycles. The van der Waals surface area contributed by atoms with Crippen molar-refractivity contribution in [2.75, 3.05) is 25.7 Å². The smallest absolute Gasteiger partial charge is 0.335 e. The summed E-state index contributed by atoms with van der Waals surface area (Å²) in [6.45, 7) is 4.12. The molecule has 0 radical (unpaired) electrons. The first-order valence-electron chi connectivity index (χ1n) is 17.1. The van der Waals surface area contributed by atoms with Gasteiger partial charge >= 0.3 is 5.97 Å². The minimum atomic E-state index is -1.83. The molecule has 6 atom stereocenters. The van der Waals surface area contributed by atoms with E-state index in [1.165, 1.54) is 10.8 Å². The van der Waals surface area contributed by atoms with Crippen LogP contribution < -0.4 is 31.3 Å². The highest BCUT2D eigenvalue weighted by Crippen LogP contribution is 2.50. The van der Waals surface area contributed by atoms with E-state index in [1.807, 2.05) is 6.07 Å². The average Bonchev–Trinajstić information content (AvgIpc) is 3.37. The normalized spacial score (nSPS) is 23.1. The molecule has 2 aliphatic rings. The minimum Gasteiger partial charge on any atom is -1.00 e. The largest absolute Gasteiger partial charge is 1.00 e. The Labute approximate surface area is 333 Å². The molecule has 1 aromatic heterocycles. The van der Waals surface area contributed by atoms with Crippen molar-refractivity contribution in [2.24, 2.45) is 0 Å². The minimum absolute atomic E-state index is 0. The van der Waals surface area contributed by atoms with Crippen LogP contribution in [0, 0.1) is 0 Å². The Morgan fingerprint density at radius 2 is 1.71 bits per heavy atom. The summed E-state index contributed by atoms with van der Waals surface area (Å²) in [5.41, 5.74) is 1.95. The number of aliphatic carboxylic acids is 1. The molecule has 1 saturated heterocycles. The second-order valence-corrected chi connectivity index (χ2v) is 14.1. The highest BCUT2D eigenvalue weighted by Gasteiger charge is 2.52. The van der Waals surface area contributed by atoms with Crippen molar-refractivity contribution in [3.63, 3.8) is 0 Å². The SMILES string of the molecule is CCN(Cc1ccc[n+]([C@@H]2O[C@H](C(=O)O)[C@@H](O)[C@H](O)[C@H]2O)c1)C(=O)c1ccc(Cl)c(C2(C)C(=O)N(Cc3ccc(OC)cc3OC)c3ccc(Cl)cc32)c1.[Cl-]. The van der Waals surface area contributed by atoms with E-state index in [0.29, 0.717) is 38.9 Å². The Bertz CT molecular complexity index is 2100. The van der Waals surface area contributed by atoms with Gasteiger partial charge in [-0.25, -0.2) is 4.79 Å². The van der Waals surface area contributed by atoms with Crippen molar-refractivity contribution in [1.82, 2.24) is 4.90 Å². The molecule has 0 aliphatic carbocycles. The van der Waals surface area contributed by atoms with Gasteiger partial charge in [0.05, 0.1) is 27.3 Å². The van der Waals surface area contributed by atoms with Gasteiger partial charge in [0.2, 0.25) is 5.91 Å². The fraction of sp³-hybridized carbons (Fsp3) is 0.333. The Morgan fingerprint density at radius 1 is 0.964 bits per heavy atom. The third-order valence-corrected chi connectivity index (χ3v) is 10.7. The fourth-order valence-electron chi connectivity index (χ4n) is 7.09. The van der Waals surface area contributed by atoms with Crippen molar-refractivity contribution in [3.8, 4) is 11.5 Å². The number of rotatable bonds is 11. The topological polar surface area (TPSA) is 170 Å². The highest BCUT2D eigenvalue weighted by molar-refractivity contribution is 6.33. The third kappa shape index (κ3) is 7.70. The lowest BCUT2D eigenvalue weighted by Gasteiger charge is -2.35. The maximum absolute atomic E-state index is 14.6. The molecule has 1 unspecified atom stereocenters. The average molecular weight is 817 g/mol. The monoisotopic (exact) mass is 815 g/mol. The van der Waals surface area contributed by atoms with E-state index in [-0.39, 0.29) is 54.4 Å². The predicted molar refractivity (Wildman–Crippen MR) is 197 cm³/mol. The second-order valence-electron chi connectivity index (χ2n) is 13.3. The number of amides is 2. The number of halogens is 3. The number of carbonyl (C=O) groups is 3. The quantitative estimate of drug-likeness (QED) is 0.160. The van der Waals surface area contributed by atoms with E-state index in [1.54, 1.807) is 105 Å². The van der Waals surface area contributed by atoms with Crippen LogP contribution in [-0.2, 0) is 32.8 Å². The predicted octanol–water partition coefficient (Wildman–Crippen LogP) is 0.882. The van der Waals surface area contributed by atoms with Crippen LogP contribution in [0.3, 0.4) is 0 Å². The van der Waals surface area contributed by atoms with Gasteiger partial charge in [0.25, 0.3) is 12.1 Å². The first-order chi connectivity index (χ1) is 25.7. The number of benzene rings is 3. The molecule has 1 fully saturated rings. The van der Waals surface area contributed by atoms with E-state index < -0.39 is 42.0 Å². The molecular formula is C39H40Cl3N3O10. The van der Waals surface area contributed by atoms with Crippen molar-refractivity contribution in [3.05, 3.63) is 117 Å². The van der Waals surface area contributed by atoms with E-state index in [0.717, 1.165) is 5.56 Å². The summed E-state index contributed by atoms with van der Waals surface area (Å²) in [6, 6.07) is 18.8. The molecule has 0 bridgehead atoms. The summed E-state index contributed by atoms with van der Waals surface area (Å²) in [7, 11) is 3.10. The molecule has 292 valence electrons. The summed E-state index contributed by atoms with van der Waals surface area (Å²) in [5, 5.41) is 41.3. The summed E-state index contributed by atoms with van der Waals surface area (Å²) in [4.78, 5) is 43.7. The van der Waals surface area contributed by atoms with Gasteiger partial charge in [-0.1, -0.05) is 23.2 Å². The molecule has 2 aliphatic heterocycles. The van der Waals surface area contributed by atoms with Crippen LogP contribution in [0.4, 0.5) is 5.69 Å². The van der Waals surface area contributed by atoms with Crippen LogP contribution in [0.15, 0.2) is 79.1 Å². The van der Waals surface area contributed by atoms with E-state index in [4.69, 9.17) is 37.4 Å². The zero-order valence-electron chi connectivity index (χ0n) is 30.2. The number of hydrogen-bond donors (Lipinski definition) is 4. The molecule has 3 heterocycles. The lowest BCUT2D eigenvalue weighted by atomic mass is 9.76. The summed E-state index contributed by atoms with van der Waals surface area (Å²) >= 11 is 13.4. The maximum Gasteiger partial charge on any atom is 0.335 e. The number of carboxylic acid groups (broad SMARTS) is 1. The van der Waals surface area contributed by atoms with E-state index in [2.05, 4.69) is 0 Å². The van der Waals surface area contributed by atoms with Crippen LogP contribution >= 0.6 is 23.2 Å². The van der Waals surface area contributed by atoms with Crippen LogP contribution in [-0.4, -0.2) is 88.3 Å². The maximum atomic E-state index is 14.6. The van der Waals surface area contributed by atoms with Crippen LogP contribution in [0.25, 0.3) is 0 Å². The molecule has 6 rings (SSSR count). The van der Waals surface area contributed by atoms with Gasteiger partial charge in [-0.15, -0.1) is 0 Å². The number of aliphatic hydroxyl groups excluding tert-OH is 3. The van der Waals surface area contributed by atoms with Gasteiger partial charge in [0.1, 0.15) is 29.1 Å². The van der Waals surface area contributed by atoms with Gasteiger partial charge in [-0.05, 0) is 79.6 Å². The Hall–Kier alpha value is -4.47. The van der Waals surface area contributed by atoms with Gasteiger partial charge < -0.3 is 56.8 Å². The number of methoxy groups -OCH3 is 2. The van der Waals surface area contributed by atoms with Gasteiger partial charge in [0.15, 0.2) is 24.6 Å². The number of aliphatic hydroxyl groups is 3. The standard InChI is InChI=1S/C39H39Cl2N3O10.ClH/c1-5-42(18-21-7-6-14-43(19-21)36-33(47)31(45)32(46)34(54-36)37(49)50)35(48)22-9-12-28(41)26(15-22)39(2)27-16-24(40)10-13-29(27)44(38(39)51)20-23-8-11-25(52-3)17-30(23)53-4;/h6-17,19,31-34,36,45-47H,5,18,20H2,1-4H3;1H/t31-,32-,33+,34-,36+,39?;/m0./s1. The molecule has 16 heteroatoms. The molecular weight excluding hydrogens is 777 g/mol. The number of ether oxygens (including phenoxy) is 3. The number of fused-ring (bicyclic) bond motifs is 1. The lowest BCUT2D eigenvalue weighted by Crippen LogP contribution is -3.00. The van der Waals surface area contributed by atoms with E-state index in [9.17, 15) is 34.8 Å². The highest BCUT2D eigenvalue weighted by atomic mass is 35.5. The number of carbonyl (C=O) groups excluding carboxylic acids is 2. The first-order valence-corrected chi connectivity index (χ1v) is 17.8. The number of anilines is 1. The number of aromatic nitrogens is 1. The molecule has 2 amide bonds. The van der Waals surface area contributed by atoms with E-state index >= 15 is 0 Å². The number of carboxylic acids is 1. The number of hydrogen-bond acceptors (Lipinski definition) is 9. The van der Waals surface area contributed by atoms with Crippen LogP contribution in [0.2, 0.25) is 10.0 Å². The molecule has 4 aromatic rings. The summed E-state index contributed by atoms with van der Waals surface area (Å²) < 4.78 is 17.8. The first kappa shape index (κ1) is 41.7. The number of pyridine rings is 1. The summed E-state index contributed by atoms with van der Waals surface area (Å²) in [5.74, 6) is -0.980.